The van der Waals surface area contributed by atoms with Crippen molar-refractivity contribution in [2.45, 2.75) is 20.3 Å². The van der Waals surface area contributed by atoms with Gasteiger partial charge in [0.05, 0.1) is 5.41 Å². The van der Waals surface area contributed by atoms with Crippen molar-refractivity contribution in [3.8, 4) is 0 Å². The Morgan fingerprint density at radius 3 is 2.50 bits per heavy atom. The normalized spacial score (nSPS) is 14.2. The fourth-order valence-corrected chi connectivity index (χ4v) is 1.47. The molecule has 0 aliphatic heterocycles. The van der Waals surface area contributed by atoms with E-state index in [1.165, 1.54) is 0 Å². The number of nitrogens with zero attached hydrogens (tertiary/aromatic N) is 2. The van der Waals surface area contributed by atoms with E-state index in [2.05, 4.69) is 4.98 Å². The van der Waals surface area contributed by atoms with Crippen molar-refractivity contribution in [2.75, 3.05) is 18.5 Å². The van der Waals surface area contributed by atoms with Gasteiger partial charge >= 0.3 is 0 Å². The van der Waals surface area contributed by atoms with Crippen LogP contribution in [0.15, 0.2) is 24.5 Å². The fourth-order valence-electron chi connectivity index (χ4n) is 1.47. The van der Waals surface area contributed by atoms with Crippen molar-refractivity contribution in [3.63, 3.8) is 0 Å². The van der Waals surface area contributed by atoms with E-state index in [1.807, 2.05) is 26.0 Å². The molecule has 88 valence electrons. The Kier molecular flexibility index (Phi) is 4.01. The second-order valence-corrected chi connectivity index (χ2v) is 4.19. The first kappa shape index (κ1) is 12.6. The SMILES string of the molecule is CCC(C)(CN)C(=O)N(C)c1ccncc1. The van der Waals surface area contributed by atoms with Crippen molar-refractivity contribution < 1.29 is 4.79 Å². The van der Waals surface area contributed by atoms with Crippen LogP contribution < -0.4 is 10.6 Å². The van der Waals surface area contributed by atoms with E-state index >= 15 is 0 Å². The van der Waals surface area contributed by atoms with Crippen molar-refractivity contribution in [3.05, 3.63) is 24.5 Å². The van der Waals surface area contributed by atoms with E-state index in [0.717, 1.165) is 12.1 Å². The molecule has 1 rings (SSSR count). The van der Waals surface area contributed by atoms with Gasteiger partial charge in [0, 0.05) is 31.7 Å². The van der Waals surface area contributed by atoms with Gasteiger partial charge in [-0.25, -0.2) is 0 Å². The third kappa shape index (κ3) is 2.39. The molecule has 1 atom stereocenters. The third-order valence-corrected chi connectivity index (χ3v) is 3.10. The zero-order valence-electron chi connectivity index (χ0n) is 10.1. The highest BCUT2D eigenvalue weighted by molar-refractivity contribution is 5.96. The molecule has 1 heterocycles. The van der Waals surface area contributed by atoms with Crippen molar-refractivity contribution >= 4 is 11.6 Å². The number of nitrogens with two attached hydrogens (primary N) is 1. The lowest BCUT2D eigenvalue weighted by atomic mass is 9.86. The molecule has 16 heavy (non-hydrogen) atoms. The largest absolute Gasteiger partial charge is 0.329 e. The van der Waals surface area contributed by atoms with Gasteiger partial charge in [0.15, 0.2) is 0 Å². The number of aromatic nitrogens is 1. The highest BCUT2D eigenvalue weighted by Crippen LogP contribution is 2.24. The standard InChI is InChI=1S/C12H19N3O/c1-4-12(2,9-13)11(16)15(3)10-5-7-14-8-6-10/h5-8H,4,9,13H2,1-3H3. The average molecular weight is 221 g/mol. The summed E-state index contributed by atoms with van der Waals surface area (Å²) < 4.78 is 0. The molecule has 2 N–H and O–H groups in total. The molecule has 1 unspecified atom stereocenters. The summed E-state index contributed by atoms with van der Waals surface area (Å²) in [5.74, 6) is 0.0451. The molecule has 1 aromatic rings. The van der Waals surface area contributed by atoms with Crippen molar-refractivity contribution in [1.82, 2.24) is 4.98 Å². The van der Waals surface area contributed by atoms with Crippen LogP contribution in [0, 0.1) is 5.41 Å². The Hall–Kier alpha value is -1.42. The van der Waals surface area contributed by atoms with Gasteiger partial charge in [-0.2, -0.15) is 0 Å². The first-order chi connectivity index (χ1) is 7.55. The minimum atomic E-state index is -0.488. The average Bonchev–Trinajstić information content (AvgIpc) is 2.37. The molecule has 0 spiro atoms. The predicted octanol–water partition coefficient (Wildman–Crippen LogP) is 1.42. The van der Waals surface area contributed by atoms with E-state index in [0.29, 0.717) is 6.54 Å². The monoisotopic (exact) mass is 221 g/mol. The van der Waals surface area contributed by atoms with Crippen LogP contribution in [0.1, 0.15) is 20.3 Å². The summed E-state index contributed by atoms with van der Waals surface area (Å²) in [4.78, 5) is 17.8. The number of anilines is 1. The summed E-state index contributed by atoms with van der Waals surface area (Å²) in [7, 11) is 1.77. The summed E-state index contributed by atoms with van der Waals surface area (Å²) in [5, 5.41) is 0. The van der Waals surface area contributed by atoms with Crippen molar-refractivity contribution in [2.24, 2.45) is 11.1 Å². The Labute approximate surface area is 96.5 Å². The molecule has 1 amide bonds. The maximum absolute atomic E-state index is 12.3. The maximum Gasteiger partial charge on any atom is 0.233 e. The molecule has 0 fully saturated rings. The summed E-state index contributed by atoms with van der Waals surface area (Å²) in [5.41, 5.74) is 6.03. The smallest absolute Gasteiger partial charge is 0.233 e. The number of rotatable bonds is 4. The number of carbonyl (C=O) groups excluding carboxylic acids is 1. The van der Waals surface area contributed by atoms with Gasteiger partial charge in [-0.15, -0.1) is 0 Å². The Balaban J connectivity index is 2.90. The number of hydrogen-bond acceptors (Lipinski definition) is 3. The molecule has 4 nitrogen and oxygen atoms in total. The maximum atomic E-state index is 12.3. The number of pyridine rings is 1. The van der Waals surface area contributed by atoms with Crippen molar-refractivity contribution in [1.29, 1.82) is 0 Å². The van der Waals surface area contributed by atoms with Crippen LogP contribution in [0.2, 0.25) is 0 Å². The summed E-state index contributed by atoms with van der Waals surface area (Å²) in [6.07, 6.45) is 4.08. The van der Waals surface area contributed by atoms with Gasteiger partial charge in [0.2, 0.25) is 5.91 Å². The first-order valence-electron chi connectivity index (χ1n) is 5.43. The van der Waals surface area contributed by atoms with Gasteiger partial charge in [-0.05, 0) is 25.5 Å². The lowest BCUT2D eigenvalue weighted by Gasteiger charge is -2.30. The van der Waals surface area contributed by atoms with Crippen LogP contribution >= 0.6 is 0 Å². The van der Waals surface area contributed by atoms with Crippen LogP contribution in [0.25, 0.3) is 0 Å². The minimum absolute atomic E-state index is 0.0451. The summed E-state index contributed by atoms with van der Waals surface area (Å²) >= 11 is 0. The minimum Gasteiger partial charge on any atom is -0.329 e. The number of carbonyl (C=O) groups is 1. The predicted molar refractivity (Wildman–Crippen MR) is 65.1 cm³/mol. The van der Waals surface area contributed by atoms with Crippen LogP contribution in [0.5, 0.6) is 0 Å². The molecule has 0 radical (unpaired) electrons. The van der Waals surface area contributed by atoms with E-state index < -0.39 is 5.41 Å². The Morgan fingerprint density at radius 1 is 1.50 bits per heavy atom. The summed E-state index contributed by atoms with van der Waals surface area (Å²) in [6.45, 7) is 4.23. The Morgan fingerprint density at radius 2 is 2.06 bits per heavy atom. The van der Waals surface area contributed by atoms with Crippen LogP contribution in [0.4, 0.5) is 5.69 Å². The van der Waals surface area contributed by atoms with Gasteiger partial charge < -0.3 is 10.6 Å². The zero-order chi connectivity index (χ0) is 12.2. The molecule has 0 aromatic carbocycles. The zero-order valence-corrected chi connectivity index (χ0v) is 10.1. The molecule has 1 aromatic heterocycles. The molecule has 0 bridgehead atoms. The lowest BCUT2D eigenvalue weighted by Crippen LogP contribution is -2.44. The summed E-state index contributed by atoms with van der Waals surface area (Å²) in [6, 6.07) is 3.62. The quantitative estimate of drug-likeness (QED) is 0.836. The molecule has 4 heteroatoms. The number of amides is 1. The lowest BCUT2D eigenvalue weighted by molar-refractivity contribution is -0.126. The second kappa shape index (κ2) is 5.07. The van der Waals surface area contributed by atoms with Gasteiger partial charge in [-0.1, -0.05) is 6.92 Å². The first-order valence-corrected chi connectivity index (χ1v) is 5.43. The van der Waals surface area contributed by atoms with E-state index in [9.17, 15) is 4.79 Å². The van der Waals surface area contributed by atoms with E-state index in [1.54, 1.807) is 24.3 Å². The van der Waals surface area contributed by atoms with Gasteiger partial charge in [0.25, 0.3) is 0 Å². The second-order valence-electron chi connectivity index (χ2n) is 4.19. The van der Waals surface area contributed by atoms with E-state index in [4.69, 9.17) is 5.73 Å². The fraction of sp³-hybridized carbons (Fsp3) is 0.500. The number of hydrogen-bond donors (Lipinski definition) is 1. The molecule has 0 aliphatic carbocycles. The van der Waals surface area contributed by atoms with Crippen LogP contribution in [-0.4, -0.2) is 24.5 Å². The highest BCUT2D eigenvalue weighted by Gasteiger charge is 2.32. The highest BCUT2D eigenvalue weighted by atomic mass is 16.2. The molecule has 0 aliphatic rings. The van der Waals surface area contributed by atoms with E-state index in [-0.39, 0.29) is 5.91 Å². The third-order valence-electron chi connectivity index (χ3n) is 3.10. The van der Waals surface area contributed by atoms with Gasteiger partial charge in [-0.3, -0.25) is 9.78 Å². The van der Waals surface area contributed by atoms with Crippen LogP contribution in [0.3, 0.4) is 0 Å². The molecule has 0 saturated heterocycles. The topological polar surface area (TPSA) is 59.2 Å². The van der Waals surface area contributed by atoms with Crippen LogP contribution in [-0.2, 0) is 4.79 Å². The molecular formula is C12H19N3O. The molecule has 0 saturated carbocycles. The van der Waals surface area contributed by atoms with Gasteiger partial charge in [0.1, 0.15) is 0 Å². The Bertz CT molecular complexity index is 347. The molecular weight excluding hydrogens is 202 g/mol.